The Hall–Kier alpha value is -3.34. The van der Waals surface area contributed by atoms with E-state index in [0.717, 1.165) is 5.76 Å². The highest BCUT2D eigenvalue weighted by Gasteiger charge is 2.08. The summed E-state index contributed by atoms with van der Waals surface area (Å²) in [7, 11) is 0. The predicted octanol–water partition coefficient (Wildman–Crippen LogP) is 4.07. The van der Waals surface area contributed by atoms with Crippen LogP contribution >= 0.6 is 0 Å². The number of ether oxygens (including phenoxy) is 1. The van der Waals surface area contributed by atoms with Crippen molar-refractivity contribution in [1.82, 2.24) is 0 Å². The van der Waals surface area contributed by atoms with Gasteiger partial charge in [-0.05, 0) is 48.5 Å². The van der Waals surface area contributed by atoms with Crippen molar-refractivity contribution < 1.29 is 18.7 Å². The molecule has 1 aromatic heterocycles. The van der Waals surface area contributed by atoms with Gasteiger partial charge in [0.2, 0.25) is 0 Å². The Balaban J connectivity index is 1.51. The molecular weight excluding hydrogens is 318 g/mol. The highest BCUT2D eigenvalue weighted by Crippen LogP contribution is 2.17. The van der Waals surface area contributed by atoms with Gasteiger partial charge in [-0.25, -0.2) is 0 Å². The molecule has 1 N–H and O–H groups in total. The van der Waals surface area contributed by atoms with Crippen LogP contribution in [0.4, 0.5) is 5.69 Å². The van der Waals surface area contributed by atoms with E-state index in [2.05, 4.69) is 5.32 Å². The fourth-order valence-corrected chi connectivity index (χ4v) is 2.26. The molecule has 0 spiro atoms. The molecule has 0 fully saturated rings. The van der Waals surface area contributed by atoms with Gasteiger partial charge in [0.1, 0.15) is 11.5 Å². The number of carbonyl (C=O) groups is 2. The van der Waals surface area contributed by atoms with Crippen LogP contribution in [0.15, 0.2) is 77.4 Å². The summed E-state index contributed by atoms with van der Waals surface area (Å²) in [6, 6.07) is 19.2. The zero-order valence-corrected chi connectivity index (χ0v) is 13.5. The number of benzene rings is 2. The van der Waals surface area contributed by atoms with Crippen LogP contribution in [0.5, 0.6) is 5.75 Å². The fourth-order valence-electron chi connectivity index (χ4n) is 2.26. The highest BCUT2D eigenvalue weighted by atomic mass is 16.5. The van der Waals surface area contributed by atoms with Crippen LogP contribution < -0.4 is 10.1 Å². The lowest BCUT2D eigenvalue weighted by atomic mass is 10.2. The lowest BCUT2D eigenvalue weighted by molar-refractivity contribution is -0.134. The van der Waals surface area contributed by atoms with E-state index >= 15 is 0 Å². The first-order valence-electron chi connectivity index (χ1n) is 7.90. The number of amides is 1. The molecule has 126 valence electrons. The van der Waals surface area contributed by atoms with Crippen molar-refractivity contribution in [2.75, 3.05) is 5.32 Å². The van der Waals surface area contributed by atoms with Crippen LogP contribution in [0.1, 0.15) is 22.5 Å². The minimum Gasteiger partial charge on any atom is -0.469 e. The Morgan fingerprint density at radius 2 is 1.68 bits per heavy atom. The van der Waals surface area contributed by atoms with Gasteiger partial charge in [0, 0.05) is 17.7 Å². The largest absolute Gasteiger partial charge is 0.469 e. The average Bonchev–Trinajstić information content (AvgIpc) is 3.16. The summed E-state index contributed by atoms with van der Waals surface area (Å²) in [6.07, 6.45) is 2.31. The van der Waals surface area contributed by atoms with E-state index in [1.807, 2.05) is 12.1 Å². The van der Waals surface area contributed by atoms with Crippen LogP contribution in [-0.4, -0.2) is 11.9 Å². The second-order valence-electron chi connectivity index (χ2n) is 5.40. The first-order valence-corrected chi connectivity index (χ1v) is 7.90. The molecule has 5 nitrogen and oxygen atoms in total. The van der Waals surface area contributed by atoms with E-state index in [9.17, 15) is 9.59 Å². The molecule has 2 aromatic carbocycles. The number of esters is 1. The second kappa shape index (κ2) is 7.97. The van der Waals surface area contributed by atoms with Crippen molar-refractivity contribution >= 4 is 17.6 Å². The Labute approximate surface area is 145 Å². The normalized spacial score (nSPS) is 10.2. The second-order valence-corrected chi connectivity index (χ2v) is 5.40. The molecule has 0 radical (unpaired) electrons. The summed E-state index contributed by atoms with van der Waals surface area (Å²) in [6.45, 7) is 0. The van der Waals surface area contributed by atoms with Gasteiger partial charge in [-0.15, -0.1) is 0 Å². The first-order chi connectivity index (χ1) is 12.2. The smallest absolute Gasteiger partial charge is 0.311 e. The number of aryl methyl sites for hydroxylation is 1. The fraction of sp³-hybridized carbons (Fsp3) is 0.100. The van der Waals surface area contributed by atoms with E-state index in [1.54, 1.807) is 60.9 Å². The molecule has 3 aromatic rings. The monoisotopic (exact) mass is 335 g/mol. The summed E-state index contributed by atoms with van der Waals surface area (Å²) < 4.78 is 10.4. The van der Waals surface area contributed by atoms with Crippen LogP contribution in [-0.2, 0) is 11.2 Å². The molecule has 0 aliphatic heterocycles. The SMILES string of the molecule is O=C(CCc1ccco1)Oc1ccc(NC(=O)c2ccccc2)cc1. The summed E-state index contributed by atoms with van der Waals surface area (Å²) in [5.74, 6) is 0.652. The number of nitrogens with one attached hydrogen (secondary N) is 1. The Morgan fingerprint density at radius 1 is 0.920 bits per heavy atom. The van der Waals surface area contributed by atoms with Crippen molar-refractivity contribution in [3.8, 4) is 5.75 Å². The zero-order valence-electron chi connectivity index (χ0n) is 13.5. The molecule has 0 saturated heterocycles. The summed E-state index contributed by atoms with van der Waals surface area (Å²) in [5, 5.41) is 2.79. The quantitative estimate of drug-likeness (QED) is 0.544. The maximum Gasteiger partial charge on any atom is 0.311 e. The highest BCUT2D eigenvalue weighted by molar-refractivity contribution is 6.04. The van der Waals surface area contributed by atoms with Gasteiger partial charge in [0.15, 0.2) is 0 Å². The van der Waals surface area contributed by atoms with Gasteiger partial charge < -0.3 is 14.5 Å². The van der Waals surface area contributed by atoms with Crippen molar-refractivity contribution in [3.63, 3.8) is 0 Å². The van der Waals surface area contributed by atoms with Crippen molar-refractivity contribution in [2.24, 2.45) is 0 Å². The van der Waals surface area contributed by atoms with Crippen LogP contribution in [0, 0.1) is 0 Å². The van der Waals surface area contributed by atoms with Gasteiger partial charge >= 0.3 is 5.97 Å². The molecule has 3 rings (SSSR count). The molecule has 1 amide bonds. The third-order valence-corrected chi connectivity index (χ3v) is 3.54. The van der Waals surface area contributed by atoms with E-state index in [0.29, 0.717) is 23.4 Å². The molecule has 25 heavy (non-hydrogen) atoms. The van der Waals surface area contributed by atoms with Gasteiger partial charge in [-0.1, -0.05) is 18.2 Å². The molecule has 0 bridgehead atoms. The maximum absolute atomic E-state index is 12.1. The minimum absolute atomic E-state index is 0.191. The number of carbonyl (C=O) groups excluding carboxylic acids is 2. The van der Waals surface area contributed by atoms with Crippen molar-refractivity contribution in [2.45, 2.75) is 12.8 Å². The summed E-state index contributed by atoms with van der Waals surface area (Å²) >= 11 is 0. The molecule has 0 aliphatic carbocycles. The minimum atomic E-state index is -0.336. The van der Waals surface area contributed by atoms with E-state index < -0.39 is 0 Å². The number of furan rings is 1. The molecule has 0 saturated carbocycles. The maximum atomic E-state index is 12.1. The van der Waals surface area contributed by atoms with Gasteiger partial charge in [0.25, 0.3) is 5.91 Å². The molecule has 1 heterocycles. The number of hydrogen-bond donors (Lipinski definition) is 1. The topological polar surface area (TPSA) is 68.5 Å². The standard InChI is InChI=1S/C20H17NO4/c22-19(13-12-17-7-4-14-24-17)25-18-10-8-16(9-11-18)21-20(23)15-5-2-1-3-6-15/h1-11,14H,12-13H2,(H,21,23). The zero-order chi connectivity index (χ0) is 17.5. The van der Waals surface area contributed by atoms with Crippen molar-refractivity contribution in [3.05, 3.63) is 84.3 Å². The van der Waals surface area contributed by atoms with Gasteiger partial charge in [-0.3, -0.25) is 9.59 Å². The Morgan fingerprint density at radius 3 is 2.36 bits per heavy atom. The summed E-state index contributed by atoms with van der Waals surface area (Å²) in [4.78, 5) is 23.9. The van der Waals surface area contributed by atoms with Crippen molar-refractivity contribution in [1.29, 1.82) is 0 Å². The number of hydrogen-bond acceptors (Lipinski definition) is 4. The number of rotatable bonds is 6. The first kappa shape index (κ1) is 16.5. The molecule has 0 unspecified atom stereocenters. The number of anilines is 1. The van der Waals surface area contributed by atoms with Crippen LogP contribution in [0.2, 0.25) is 0 Å². The predicted molar refractivity (Wildman–Crippen MR) is 93.5 cm³/mol. The van der Waals surface area contributed by atoms with Gasteiger partial charge in [0.05, 0.1) is 12.7 Å². The Kier molecular flexibility index (Phi) is 5.26. The van der Waals surface area contributed by atoms with Crippen LogP contribution in [0.3, 0.4) is 0 Å². The lowest BCUT2D eigenvalue weighted by Crippen LogP contribution is -2.12. The van der Waals surface area contributed by atoms with E-state index in [4.69, 9.17) is 9.15 Å². The van der Waals surface area contributed by atoms with E-state index in [1.165, 1.54) is 0 Å². The third-order valence-electron chi connectivity index (χ3n) is 3.54. The average molecular weight is 335 g/mol. The third kappa shape index (κ3) is 4.81. The molecular formula is C20H17NO4. The van der Waals surface area contributed by atoms with E-state index in [-0.39, 0.29) is 18.3 Å². The summed E-state index contributed by atoms with van der Waals surface area (Å²) in [5.41, 5.74) is 1.21. The molecule has 5 heteroatoms. The molecule has 0 atom stereocenters. The van der Waals surface area contributed by atoms with Gasteiger partial charge in [-0.2, -0.15) is 0 Å². The Bertz CT molecular complexity index is 824. The lowest BCUT2D eigenvalue weighted by Gasteiger charge is -2.07. The van der Waals surface area contributed by atoms with Crippen LogP contribution in [0.25, 0.3) is 0 Å². The molecule has 0 aliphatic rings.